The number of rotatable bonds is 1. The second-order valence-corrected chi connectivity index (χ2v) is 5.52. The number of carbonyl (C=O) groups is 1. The molecule has 110 valence electrons. The van der Waals surface area contributed by atoms with E-state index in [2.05, 4.69) is 21.2 Å². The summed E-state index contributed by atoms with van der Waals surface area (Å²) in [7, 11) is 0. The van der Waals surface area contributed by atoms with Crippen LogP contribution in [0.2, 0.25) is 0 Å². The first-order valence-electron chi connectivity index (χ1n) is 6.30. The highest BCUT2D eigenvalue weighted by Crippen LogP contribution is 2.34. The highest BCUT2D eigenvalue weighted by atomic mass is 79.9. The van der Waals surface area contributed by atoms with Crippen LogP contribution in [-0.4, -0.2) is 24.0 Å². The van der Waals surface area contributed by atoms with Crippen LogP contribution in [0.5, 0.6) is 0 Å². The molecule has 0 aliphatic carbocycles. The van der Waals surface area contributed by atoms with E-state index in [-0.39, 0.29) is 11.7 Å². The molecule has 1 N–H and O–H groups in total. The lowest BCUT2D eigenvalue weighted by Crippen LogP contribution is -2.38. The molecule has 7 heteroatoms. The van der Waals surface area contributed by atoms with Crippen LogP contribution in [0, 0.1) is 0 Å². The standard InChI is InChI=1S/C13H14BrF3N2O/c14-10-5-4-9(13(15,16)17)8-11(10)18-12(20)19-6-2-1-3-7-19/h4-5,8H,1-3,6-7H2,(H,18,20). The molecule has 0 aromatic heterocycles. The van der Waals surface area contributed by atoms with Crippen LogP contribution in [-0.2, 0) is 6.18 Å². The van der Waals surface area contributed by atoms with Gasteiger partial charge in [0, 0.05) is 17.6 Å². The lowest BCUT2D eigenvalue weighted by molar-refractivity contribution is -0.137. The second kappa shape index (κ2) is 6.03. The number of amides is 2. The van der Waals surface area contributed by atoms with E-state index in [0.29, 0.717) is 17.6 Å². The molecule has 0 atom stereocenters. The summed E-state index contributed by atoms with van der Waals surface area (Å²) in [6.45, 7) is 1.28. The molecule has 0 unspecified atom stereocenters. The maximum absolute atomic E-state index is 12.7. The number of halogens is 4. The van der Waals surface area contributed by atoms with Crippen molar-refractivity contribution < 1.29 is 18.0 Å². The van der Waals surface area contributed by atoms with Gasteiger partial charge in [0.2, 0.25) is 0 Å². The summed E-state index contributed by atoms with van der Waals surface area (Å²) in [6, 6.07) is 2.84. The van der Waals surface area contributed by atoms with Gasteiger partial charge in [-0.1, -0.05) is 0 Å². The molecule has 1 saturated heterocycles. The molecule has 0 spiro atoms. The number of likely N-dealkylation sites (tertiary alicyclic amines) is 1. The first-order valence-corrected chi connectivity index (χ1v) is 7.10. The number of nitrogens with one attached hydrogen (secondary N) is 1. The van der Waals surface area contributed by atoms with Crippen molar-refractivity contribution in [3.63, 3.8) is 0 Å². The Bertz CT molecular complexity index is 499. The van der Waals surface area contributed by atoms with Crippen LogP contribution in [0.4, 0.5) is 23.7 Å². The van der Waals surface area contributed by atoms with Crippen LogP contribution in [0.3, 0.4) is 0 Å². The maximum atomic E-state index is 12.7. The van der Waals surface area contributed by atoms with Crippen LogP contribution >= 0.6 is 15.9 Å². The number of anilines is 1. The number of benzene rings is 1. The molecule has 2 rings (SSSR count). The van der Waals surface area contributed by atoms with Gasteiger partial charge in [0.1, 0.15) is 0 Å². The Morgan fingerprint density at radius 1 is 1.20 bits per heavy atom. The van der Waals surface area contributed by atoms with E-state index in [4.69, 9.17) is 0 Å². The molecule has 1 aliphatic heterocycles. The van der Waals surface area contributed by atoms with Gasteiger partial charge in [-0.15, -0.1) is 0 Å². The van der Waals surface area contributed by atoms with Gasteiger partial charge in [0.15, 0.2) is 0 Å². The average Bonchev–Trinajstić information content (AvgIpc) is 2.41. The van der Waals surface area contributed by atoms with Crippen molar-refractivity contribution in [2.45, 2.75) is 25.4 Å². The summed E-state index contributed by atoms with van der Waals surface area (Å²) in [5.41, 5.74) is -0.648. The van der Waals surface area contributed by atoms with Gasteiger partial charge in [-0.2, -0.15) is 13.2 Å². The largest absolute Gasteiger partial charge is 0.416 e. The van der Waals surface area contributed by atoms with Crippen molar-refractivity contribution in [2.75, 3.05) is 18.4 Å². The summed E-state index contributed by atoms with van der Waals surface area (Å²) < 4.78 is 38.4. The number of piperidine rings is 1. The van der Waals surface area contributed by atoms with E-state index in [9.17, 15) is 18.0 Å². The number of urea groups is 1. The predicted octanol–water partition coefficient (Wildman–Crippen LogP) is 4.49. The minimum absolute atomic E-state index is 0.135. The van der Waals surface area contributed by atoms with Crippen molar-refractivity contribution in [2.24, 2.45) is 0 Å². The molecule has 1 fully saturated rings. The molecule has 0 bridgehead atoms. The van der Waals surface area contributed by atoms with Gasteiger partial charge >= 0.3 is 12.2 Å². The minimum Gasteiger partial charge on any atom is -0.325 e. The number of hydrogen-bond donors (Lipinski definition) is 1. The van der Waals surface area contributed by atoms with Gasteiger partial charge in [-0.25, -0.2) is 4.79 Å². The molecule has 2 amide bonds. The Balaban J connectivity index is 2.13. The van der Waals surface area contributed by atoms with Gasteiger partial charge in [-0.05, 0) is 53.4 Å². The number of carbonyl (C=O) groups excluding carboxylic acids is 1. The molecule has 0 saturated carbocycles. The number of hydrogen-bond acceptors (Lipinski definition) is 1. The zero-order valence-corrected chi connectivity index (χ0v) is 12.2. The molecule has 1 aromatic carbocycles. The fraction of sp³-hybridized carbons (Fsp3) is 0.462. The van der Waals surface area contributed by atoms with Crippen molar-refractivity contribution in [1.82, 2.24) is 4.90 Å². The Kier molecular flexibility index (Phi) is 4.57. The molecular formula is C13H14BrF3N2O. The van der Waals surface area contributed by atoms with E-state index < -0.39 is 11.7 Å². The van der Waals surface area contributed by atoms with Crippen LogP contribution < -0.4 is 5.32 Å². The molecule has 1 aromatic rings. The molecule has 3 nitrogen and oxygen atoms in total. The minimum atomic E-state index is -4.43. The van der Waals surface area contributed by atoms with Gasteiger partial charge in [-0.3, -0.25) is 0 Å². The van der Waals surface area contributed by atoms with Crippen molar-refractivity contribution in [3.8, 4) is 0 Å². The first kappa shape index (κ1) is 15.2. The normalized spacial score (nSPS) is 16.1. The Morgan fingerprint density at radius 3 is 2.45 bits per heavy atom. The molecule has 1 aliphatic rings. The zero-order valence-electron chi connectivity index (χ0n) is 10.6. The summed E-state index contributed by atoms with van der Waals surface area (Å²) in [6.07, 6.45) is -1.49. The fourth-order valence-corrected chi connectivity index (χ4v) is 2.43. The Labute approximate surface area is 123 Å². The molecular weight excluding hydrogens is 337 g/mol. The monoisotopic (exact) mass is 350 g/mol. The van der Waals surface area contributed by atoms with E-state index in [1.807, 2.05) is 0 Å². The third kappa shape index (κ3) is 3.65. The highest BCUT2D eigenvalue weighted by Gasteiger charge is 2.31. The third-order valence-corrected chi connectivity index (χ3v) is 3.87. The van der Waals surface area contributed by atoms with Gasteiger partial charge in [0.05, 0.1) is 11.3 Å². The Hall–Kier alpha value is -1.24. The van der Waals surface area contributed by atoms with E-state index in [1.54, 1.807) is 4.90 Å². The van der Waals surface area contributed by atoms with Gasteiger partial charge < -0.3 is 10.2 Å². The van der Waals surface area contributed by atoms with Crippen molar-refractivity contribution >= 4 is 27.6 Å². The zero-order chi connectivity index (χ0) is 14.8. The van der Waals surface area contributed by atoms with Crippen molar-refractivity contribution in [3.05, 3.63) is 28.2 Å². The first-order chi connectivity index (χ1) is 9.38. The predicted molar refractivity (Wildman–Crippen MR) is 73.6 cm³/mol. The molecule has 20 heavy (non-hydrogen) atoms. The summed E-state index contributed by atoms with van der Waals surface area (Å²) in [5.74, 6) is 0. The third-order valence-electron chi connectivity index (χ3n) is 3.18. The topological polar surface area (TPSA) is 32.3 Å². The Morgan fingerprint density at radius 2 is 1.85 bits per heavy atom. The quantitative estimate of drug-likeness (QED) is 0.795. The van der Waals surface area contributed by atoms with Crippen molar-refractivity contribution in [1.29, 1.82) is 0 Å². The van der Waals surface area contributed by atoms with Crippen LogP contribution in [0.25, 0.3) is 0 Å². The number of nitrogens with zero attached hydrogens (tertiary/aromatic N) is 1. The SMILES string of the molecule is O=C(Nc1cc(C(F)(F)F)ccc1Br)N1CCCCC1. The summed E-state index contributed by atoms with van der Waals surface area (Å²) in [5, 5.41) is 2.53. The van der Waals surface area contributed by atoms with E-state index in [1.165, 1.54) is 6.07 Å². The lowest BCUT2D eigenvalue weighted by Gasteiger charge is -2.27. The fourth-order valence-electron chi connectivity index (χ4n) is 2.09. The maximum Gasteiger partial charge on any atom is 0.416 e. The van der Waals surface area contributed by atoms with Crippen LogP contribution in [0.1, 0.15) is 24.8 Å². The molecule has 0 radical (unpaired) electrons. The summed E-state index contributed by atoms with van der Waals surface area (Å²) in [4.78, 5) is 13.6. The molecule has 1 heterocycles. The van der Waals surface area contributed by atoms with Gasteiger partial charge in [0.25, 0.3) is 0 Å². The highest BCUT2D eigenvalue weighted by molar-refractivity contribution is 9.10. The van der Waals surface area contributed by atoms with E-state index >= 15 is 0 Å². The lowest BCUT2D eigenvalue weighted by atomic mass is 10.1. The average molecular weight is 351 g/mol. The summed E-state index contributed by atoms with van der Waals surface area (Å²) >= 11 is 3.15. The van der Waals surface area contributed by atoms with E-state index in [0.717, 1.165) is 31.4 Å². The second-order valence-electron chi connectivity index (χ2n) is 4.67. The smallest absolute Gasteiger partial charge is 0.325 e. The number of alkyl halides is 3. The van der Waals surface area contributed by atoms with Crippen LogP contribution in [0.15, 0.2) is 22.7 Å².